The molecule has 2 rings (SSSR count). The summed E-state index contributed by atoms with van der Waals surface area (Å²) in [6, 6.07) is 4.43. The first kappa shape index (κ1) is 9.45. The standard InChI is InChI=1S/C11H9FN2O/c12-8-2-3-9-7(1-4-11(13)15)6-14-10(9)5-8/h1-6,14H,(H2,13,15). The number of hydrogen-bond donors (Lipinski definition) is 2. The van der Waals surface area contributed by atoms with Gasteiger partial charge in [-0.05, 0) is 29.8 Å². The molecule has 1 aromatic heterocycles. The number of carbonyl (C=O) groups excluding carboxylic acids is 1. The highest BCUT2D eigenvalue weighted by Crippen LogP contribution is 2.20. The lowest BCUT2D eigenvalue weighted by atomic mass is 10.1. The van der Waals surface area contributed by atoms with E-state index < -0.39 is 5.91 Å². The van der Waals surface area contributed by atoms with Crippen LogP contribution < -0.4 is 5.73 Å². The third-order valence-corrected chi connectivity index (χ3v) is 2.10. The molecule has 15 heavy (non-hydrogen) atoms. The number of nitrogens with two attached hydrogens (primary N) is 1. The minimum atomic E-state index is -0.508. The maximum absolute atomic E-state index is 12.8. The second-order valence-electron chi connectivity index (χ2n) is 3.17. The van der Waals surface area contributed by atoms with Gasteiger partial charge in [-0.25, -0.2) is 4.39 Å². The Labute approximate surface area is 85.4 Å². The number of nitrogens with one attached hydrogen (secondary N) is 1. The quantitative estimate of drug-likeness (QED) is 0.720. The van der Waals surface area contributed by atoms with E-state index in [9.17, 15) is 9.18 Å². The number of halogens is 1. The molecule has 0 atom stereocenters. The first-order valence-electron chi connectivity index (χ1n) is 4.41. The molecule has 0 saturated carbocycles. The molecule has 0 aliphatic heterocycles. The van der Waals surface area contributed by atoms with Gasteiger partial charge in [0, 0.05) is 23.2 Å². The Morgan fingerprint density at radius 2 is 2.27 bits per heavy atom. The fourth-order valence-electron chi connectivity index (χ4n) is 1.43. The Kier molecular flexibility index (Phi) is 2.25. The first-order valence-corrected chi connectivity index (χ1v) is 4.41. The highest BCUT2D eigenvalue weighted by Gasteiger charge is 2.01. The van der Waals surface area contributed by atoms with Gasteiger partial charge in [-0.2, -0.15) is 0 Å². The molecule has 0 spiro atoms. The van der Waals surface area contributed by atoms with Crippen molar-refractivity contribution in [2.24, 2.45) is 5.73 Å². The number of carbonyl (C=O) groups is 1. The summed E-state index contributed by atoms with van der Waals surface area (Å²) < 4.78 is 12.8. The minimum Gasteiger partial charge on any atom is -0.366 e. The number of hydrogen-bond acceptors (Lipinski definition) is 1. The Morgan fingerprint density at radius 3 is 3.00 bits per heavy atom. The van der Waals surface area contributed by atoms with Crippen molar-refractivity contribution in [3.8, 4) is 0 Å². The lowest BCUT2D eigenvalue weighted by Gasteiger charge is -1.91. The number of amides is 1. The molecule has 76 valence electrons. The molecule has 0 bridgehead atoms. The summed E-state index contributed by atoms with van der Waals surface area (Å²) in [6.45, 7) is 0. The fourth-order valence-corrected chi connectivity index (χ4v) is 1.43. The Bertz CT molecular complexity index is 543. The summed E-state index contributed by atoms with van der Waals surface area (Å²) in [5.41, 5.74) is 6.48. The molecule has 3 N–H and O–H groups in total. The molecule has 0 saturated heterocycles. The van der Waals surface area contributed by atoms with E-state index in [1.165, 1.54) is 18.2 Å². The van der Waals surface area contributed by atoms with Crippen molar-refractivity contribution in [3.05, 3.63) is 41.9 Å². The maximum Gasteiger partial charge on any atom is 0.241 e. The summed E-state index contributed by atoms with van der Waals surface area (Å²) in [6.07, 6.45) is 4.56. The number of aromatic amines is 1. The molecule has 2 aromatic rings. The van der Waals surface area contributed by atoms with Crippen LogP contribution in [0.4, 0.5) is 4.39 Å². The molecule has 0 aliphatic carbocycles. The Morgan fingerprint density at radius 1 is 1.47 bits per heavy atom. The average Bonchev–Trinajstić information content (AvgIpc) is 2.57. The van der Waals surface area contributed by atoms with Crippen LogP contribution in [0.25, 0.3) is 17.0 Å². The van der Waals surface area contributed by atoms with Crippen LogP contribution in [0.2, 0.25) is 0 Å². The van der Waals surface area contributed by atoms with Crippen LogP contribution in [0, 0.1) is 5.82 Å². The zero-order valence-corrected chi connectivity index (χ0v) is 7.83. The number of primary amides is 1. The van der Waals surface area contributed by atoms with Crippen LogP contribution >= 0.6 is 0 Å². The zero-order chi connectivity index (χ0) is 10.8. The van der Waals surface area contributed by atoms with Crippen LogP contribution in [-0.2, 0) is 4.79 Å². The predicted molar refractivity (Wildman–Crippen MR) is 56.5 cm³/mol. The number of fused-ring (bicyclic) bond motifs is 1. The molecule has 1 aromatic carbocycles. The van der Waals surface area contributed by atoms with Gasteiger partial charge in [-0.15, -0.1) is 0 Å². The molecule has 0 unspecified atom stereocenters. The van der Waals surface area contributed by atoms with Crippen LogP contribution in [0.3, 0.4) is 0 Å². The van der Waals surface area contributed by atoms with E-state index >= 15 is 0 Å². The normalized spacial score (nSPS) is 11.3. The Balaban J connectivity index is 2.50. The van der Waals surface area contributed by atoms with Crippen molar-refractivity contribution in [3.63, 3.8) is 0 Å². The van der Waals surface area contributed by atoms with Gasteiger partial charge in [0.15, 0.2) is 0 Å². The van der Waals surface area contributed by atoms with Gasteiger partial charge in [-0.1, -0.05) is 0 Å². The summed E-state index contributed by atoms with van der Waals surface area (Å²) >= 11 is 0. The second kappa shape index (κ2) is 3.57. The molecule has 1 amide bonds. The predicted octanol–water partition coefficient (Wildman–Crippen LogP) is 1.81. The van der Waals surface area contributed by atoms with Gasteiger partial charge in [-0.3, -0.25) is 4.79 Å². The van der Waals surface area contributed by atoms with Crippen LogP contribution in [0.15, 0.2) is 30.5 Å². The molecule has 0 aliphatic rings. The van der Waals surface area contributed by atoms with Gasteiger partial charge in [0.25, 0.3) is 0 Å². The van der Waals surface area contributed by atoms with Crippen molar-refractivity contribution in [2.75, 3.05) is 0 Å². The number of aromatic nitrogens is 1. The van der Waals surface area contributed by atoms with Crippen molar-refractivity contribution in [1.82, 2.24) is 4.98 Å². The number of benzene rings is 1. The summed E-state index contributed by atoms with van der Waals surface area (Å²) in [5.74, 6) is -0.804. The van der Waals surface area contributed by atoms with Crippen molar-refractivity contribution >= 4 is 22.9 Å². The summed E-state index contributed by atoms with van der Waals surface area (Å²) in [7, 11) is 0. The van der Waals surface area contributed by atoms with E-state index in [0.717, 1.165) is 10.9 Å². The van der Waals surface area contributed by atoms with Gasteiger partial charge in [0.1, 0.15) is 5.82 Å². The third kappa shape index (κ3) is 1.88. The minimum absolute atomic E-state index is 0.296. The summed E-state index contributed by atoms with van der Waals surface area (Å²) in [5, 5.41) is 0.855. The number of H-pyrrole nitrogens is 1. The molecule has 0 radical (unpaired) electrons. The van der Waals surface area contributed by atoms with Gasteiger partial charge in [0.05, 0.1) is 0 Å². The van der Waals surface area contributed by atoms with E-state index in [1.807, 2.05) is 0 Å². The molecular weight excluding hydrogens is 195 g/mol. The first-order chi connectivity index (χ1) is 7.16. The van der Waals surface area contributed by atoms with Gasteiger partial charge >= 0.3 is 0 Å². The third-order valence-electron chi connectivity index (χ3n) is 2.10. The second-order valence-corrected chi connectivity index (χ2v) is 3.17. The zero-order valence-electron chi connectivity index (χ0n) is 7.83. The highest BCUT2D eigenvalue weighted by molar-refractivity contribution is 5.95. The number of rotatable bonds is 2. The highest BCUT2D eigenvalue weighted by atomic mass is 19.1. The molecule has 1 heterocycles. The average molecular weight is 204 g/mol. The fraction of sp³-hybridized carbons (Fsp3) is 0. The van der Waals surface area contributed by atoms with Crippen LogP contribution in [0.1, 0.15) is 5.56 Å². The van der Waals surface area contributed by atoms with Crippen molar-refractivity contribution in [2.45, 2.75) is 0 Å². The van der Waals surface area contributed by atoms with Gasteiger partial charge < -0.3 is 10.7 Å². The molecular formula is C11H9FN2O. The largest absolute Gasteiger partial charge is 0.366 e. The van der Waals surface area contributed by atoms with Crippen LogP contribution in [0.5, 0.6) is 0 Å². The molecule has 0 fully saturated rings. The molecule has 4 heteroatoms. The molecule has 3 nitrogen and oxygen atoms in total. The van der Waals surface area contributed by atoms with E-state index in [1.54, 1.807) is 18.3 Å². The van der Waals surface area contributed by atoms with Crippen molar-refractivity contribution in [1.29, 1.82) is 0 Å². The lowest BCUT2D eigenvalue weighted by molar-refractivity contribution is -0.113. The maximum atomic E-state index is 12.8. The SMILES string of the molecule is NC(=O)C=Cc1c[nH]c2cc(F)ccc12. The van der Waals surface area contributed by atoms with E-state index in [0.29, 0.717) is 5.52 Å². The van der Waals surface area contributed by atoms with E-state index in [-0.39, 0.29) is 5.82 Å². The van der Waals surface area contributed by atoms with Gasteiger partial charge in [0.2, 0.25) is 5.91 Å². The van der Waals surface area contributed by atoms with Crippen molar-refractivity contribution < 1.29 is 9.18 Å². The monoisotopic (exact) mass is 204 g/mol. The topological polar surface area (TPSA) is 58.9 Å². The van der Waals surface area contributed by atoms with E-state index in [4.69, 9.17) is 5.73 Å². The van der Waals surface area contributed by atoms with Crippen LogP contribution in [-0.4, -0.2) is 10.9 Å². The summed E-state index contributed by atoms with van der Waals surface area (Å²) in [4.78, 5) is 13.5. The Hall–Kier alpha value is -2.10. The smallest absolute Gasteiger partial charge is 0.241 e. The lowest BCUT2D eigenvalue weighted by Crippen LogP contribution is -2.04. The van der Waals surface area contributed by atoms with E-state index in [2.05, 4.69) is 4.98 Å².